The lowest BCUT2D eigenvalue weighted by atomic mass is 10.3. The van der Waals surface area contributed by atoms with Crippen molar-refractivity contribution in [2.24, 2.45) is 0 Å². The number of anilines is 1. The molecule has 0 fully saturated rings. The number of hydrogen-bond acceptors (Lipinski definition) is 4. The Balaban J connectivity index is 1.99. The van der Waals surface area contributed by atoms with E-state index in [0.717, 1.165) is 29.2 Å². The normalized spacial score (nSPS) is 10.7. The summed E-state index contributed by atoms with van der Waals surface area (Å²) in [5.41, 5.74) is 3.12. The maximum Gasteiger partial charge on any atom is 0.228 e. The molecule has 2 heterocycles. The van der Waals surface area contributed by atoms with Crippen LogP contribution in [0.15, 0.2) is 16.9 Å². The second-order valence-electron chi connectivity index (χ2n) is 3.78. The van der Waals surface area contributed by atoms with E-state index in [1.165, 1.54) is 0 Å². The van der Waals surface area contributed by atoms with Gasteiger partial charge in [-0.2, -0.15) is 5.10 Å². The molecule has 0 unspecified atom stereocenters. The molecule has 0 aromatic carbocycles. The van der Waals surface area contributed by atoms with Crippen molar-refractivity contribution < 1.29 is 4.52 Å². The van der Waals surface area contributed by atoms with Gasteiger partial charge < -0.3 is 9.84 Å². The lowest BCUT2D eigenvalue weighted by Gasteiger charge is -2.00. The molecule has 5 nitrogen and oxygen atoms in total. The zero-order valence-corrected chi connectivity index (χ0v) is 9.82. The van der Waals surface area contributed by atoms with Gasteiger partial charge in [0.25, 0.3) is 0 Å². The molecule has 0 bridgehead atoms. The number of aryl methyl sites for hydroxylation is 2. The van der Waals surface area contributed by atoms with Gasteiger partial charge >= 0.3 is 0 Å². The molecule has 16 heavy (non-hydrogen) atoms. The van der Waals surface area contributed by atoms with E-state index in [1.807, 2.05) is 30.9 Å². The Kier molecular flexibility index (Phi) is 2.94. The van der Waals surface area contributed by atoms with Crippen molar-refractivity contribution in [3.05, 3.63) is 29.2 Å². The maximum atomic E-state index is 5.16. The average Bonchev–Trinajstić information content (AvgIpc) is 2.86. The fraction of sp³-hybridized carbons (Fsp3) is 0.455. The van der Waals surface area contributed by atoms with Gasteiger partial charge in [-0.05, 0) is 20.8 Å². The molecule has 0 aliphatic rings. The van der Waals surface area contributed by atoms with Crippen LogP contribution in [-0.4, -0.2) is 14.9 Å². The van der Waals surface area contributed by atoms with E-state index in [1.54, 1.807) is 0 Å². The van der Waals surface area contributed by atoms with Gasteiger partial charge in [0.05, 0.1) is 11.9 Å². The highest BCUT2D eigenvalue weighted by Crippen LogP contribution is 2.17. The van der Waals surface area contributed by atoms with Crippen molar-refractivity contribution in [3.8, 4) is 0 Å². The summed E-state index contributed by atoms with van der Waals surface area (Å²) in [4.78, 5) is 0. The quantitative estimate of drug-likeness (QED) is 0.857. The lowest BCUT2D eigenvalue weighted by Crippen LogP contribution is -1.99. The van der Waals surface area contributed by atoms with E-state index in [4.69, 9.17) is 4.52 Å². The second kappa shape index (κ2) is 4.38. The van der Waals surface area contributed by atoms with Crippen molar-refractivity contribution in [2.75, 3.05) is 5.32 Å². The number of aromatic nitrogens is 3. The summed E-state index contributed by atoms with van der Waals surface area (Å²) in [7, 11) is 0. The summed E-state index contributed by atoms with van der Waals surface area (Å²) in [6, 6.07) is 0. The van der Waals surface area contributed by atoms with Crippen LogP contribution < -0.4 is 5.32 Å². The zero-order chi connectivity index (χ0) is 11.5. The van der Waals surface area contributed by atoms with Gasteiger partial charge in [0.15, 0.2) is 0 Å². The summed E-state index contributed by atoms with van der Waals surface area (Å²) < 4.78 is 7.06. The number of nitrogens with zero attached hydrogens (tertiary/aromatic N) is 3. The van der Waals surface area contributed by atoms with Gasteiger partial charge in [0, 0.05) is 30.4 Å². The number of hydrogen-bond donors (Lipinski definition) is 1. The molecule has 0 amide bonds. The van der Waals surface area contributed by atoms with Gasteiger partial charge in [-0.3, -0.25) is 4.68 Å². The topological polar surface area (TPSA) is 55.9 Å². The van der Waals surface area contributed by atoms with E-state index in [0.29, 0.717) is 6.54 Å². The van der Waals surface area contributed by atoms with Crippen LogP contribution in [-0.2, 0) is 13.1 Å². The van der Waals surface area contributed by atoms with Gasteiger partial charge in [0.1, 0.15) is 0 Å². The SMILES string of the molecule is CCn1cc(CNc2onc(C)c2C)cn1. The Morgan fingerprint density at radius 1 is 1.44 bits per heavy atom. The smallest absolute Gasteiger partial charge is 0.228 e. The minimum atomic E-state index is 0.704. The van der Waals surface area contributed by atoms with E-state index in [-0.39, 0.29) is 0 Å². The average molecular weight is 220 g/mol. The molecule has 0 saturated heterocycles. The summed E-state index contributed by atoms with van der Waals surface area (Å²) in [6.45, 7) is 7.58. The molecule has 2 aromatic rings. The number of rotatable bonds is 4. The number of nitrogens with one attached hydrogen (secondary N) is 1. The fourth-order valence-corrected chi connectivity index (χ4v) is 1.43. The van der Waals surface area contributed by atoms with E-state index in [2.05, 4.69) is 22.5 Å². The first-order chi connectivity index (χ1) is 7.70. The Hall–Kier alpha value is -1.78. The Bertz CT molecular complexity index is 472. The molecule has 0 aliphatic heterocycles. The molecule has 0 spiro atoms. The molecule has 0 aliphatic carbocycles. The molecule has 1 N–H and O–H groups in total. The molecule has 2 aromatic heterocycles. The largest absolute Gasteiger partial charge is 0.350 e. The van der Waals surface area contributed by atoms with Crippen LogP contribution >= 0.6 is 0 Å². The van der Waals surface area contributed by atoms with Crippen molar-refractivity contribution in [3.63, 3.8) is 0 Å². The summed E-state index contributed by atoms with van der Waals surface area (Å²) in [5, 5.41) is 11.3. The minimum absolute atomic E-state index is 0.704. The van der Waals surface area contributed by atoms with E-state index < -0.39 is 0 Å². The van der Waals surface area contributed by atoms with Crippen LogP contribution in [0.25, 0.3) is 0 Å². The Morgan fingerprint density at radius 2 is 2.25 bits per heavy atom. The van der Waals surface area contributed by atoms with Crippen LogP contribution in [0.2, 0.25) is 0 Å². The zero-order valence-electron chi connectivity index (χ0n) is 9.82. The Morgan fingerprint density at radius 3 is 2.81 bits per heavy atom. The highest BCUT2D eigenvalue weighted by Gasteiger charge is 2.07. The highest BCUT2D eigenvalue weighted by molar-refractivity contribution is 5.42. The second-order valence-corrected chi connectivity index (χ2v) is 3.78. The van der Waals surface area contributed by atoms with Gasteiger partial charge in [-0.1, -0.05) is 5.16 Å². The first-order valence-electron chi connectivity index (χ1n) is 5.38. The third-order valence-corrected chi connectivity index (χ3v) is 2.62. The van der Waals surface area contributed by atoms with Gasteiger partial charge in [-0.15, -0.1) is 0 Å². The monoisotopic (exact) mass is 220 g/mol. The summed E-state index contributed by atoms with van der Waals surface area (Å²) >= 11 is 0. The molecular weight excluding hydrogens is 204 g/mol. The molecule has 5 heteroatoms. The maximum absolute atomic E-state index is 5.16. The van der Waals surface area contributed by atoms with Crippen LogP contribution in [0.5, 0.6) is 0 Å². The fourth-order valence-electron chi connectivity index (χ4n) is 1.43. The molecule has 0 saturated carbocycles. The van der Waals surface area contributed by atoms with Crippen LogP contribution in [0, 0.1) is 13.8 Å². The lowest BCUT2D eigenvalue weighted by molar-refractivity contribution is 0.426. The van der Waals surface area contributed by atoms with Crippen molar-refractivity contribution >= 4 is 5.88 Å². The molecular formula is C11H16N4O. The predicted octanol–water partition coefficient (Wildman–Crippen LogP) is 2.12. The van der Waals surface area contributed by atoms with Crippen LogP contribution in [0.4, 0.5) is 5.88 Å². The predicted molar refractivity (Wildman–Crippen MR) is 61.2 cm³/mol. The molecule has 86 valence electrons. The molecule has 2 rings (SSSR count). The standard InChI is InChI=1S/C11H16N4O/c1-4-15-7-10(6-13-15)5-12-11-8(2)9(3)14-16-11/h6-7,12H,4-5H2,1-3H3. The molecule has 0 atom stereocenters. The summed E-state index contributed by atoms with van der Waals surface area (Å²) in [6.07, 6.45) is 3.88. The van der Waals surface area contributed by atoms with Gasteiger partial charge in [0.2, 0.25) is 5.88 Å². The van der Waals surface area contributed by atoms with Crippen LogP contribution in [0.1, 0.15) is 23.7 Å². The third kappa shape index (κ3) is 2.08. The first-order valence-corrected chi connectivity index (χ1v) is 5.38. The highest BCUT2D eigenvalue weighted by atomic mass is 16.5. The van der Waals surface area contributed by atoms with Crippen molar-refractivity contribution in [1.29, 1.82) is 0 Å². The van der Waals surface area contributed by atoms with Crippen molar-refractivity contribution in [2.45, 2.75) is 33.9 Å². The van der Waals surface area contributed by atoms with E-state index in [9.17, 15) is 0 Å². The van der Waals surface area contributed by atoms with Crippen LogP contribution in [0.3, 0.4) is 0 Å². The van der Waals surface area contributed by atoms with E-state index >= 15 is 0 Å². The molecule has 0 radical (unpaired) electrons. The minimum Gasteiger partial charge on any atom is -0.350 e. The van der Waals surface area contributed by atoms with Gasteiger partial charge in [-0.25, -0.2) is 0 Å². The first kappa shape index (κ1) is 10.7. The van der Waals surface area contributed by atoms with Crippen molar-refractivity contribution in [1.82, 2.24) is 14.9 Å². The third-order valence-electron chi connectivity index (χ3n) is 2.62. The Labute approximate surface area is 94.4 Å². The summed E-state index contributed by atoms with van der Waals surface area (Å²) in [5.74, 6) is 0.738.